The number of hydrogen-bond donors (Lipinski definition) is 2. The van der Waals surface area contributed by atoms with Crippen molar-refractivity contribution in [1.29, 1.82) is 0 Å². The predicted octanol–water partition coefficient (Wildman–Crippen LogP) is 2.21. The zero-order valence-corrected chi connectivity index (χ0v) is 15.7. The molecule has 0 saturated carbocycles. The average Bonchev–Trinajstić information content (AvgIpc) is 3.14. The Kier molecular flexibility index (Phi) is 5.10. The Labute approximate surface area is 163 Å². The molecule has 0 aromatic heterocycles. The number of aryl methyl sites for hydroxylation is 2. The molecule has 2 aromatic carbocycles. The van der Waals surface area contributed by atoms with Crippen molar-refractivity contribution in [2.24, 2.45) is 0 Å². The van der Waals surface area contributed by atoms with Crippen molar-refractivity contribution < 1.29 is 14.4 Å². The van der Waals surface area contributed by atoms with Crippen molar-refractivity contribution in [2.45, 2.75) is 32.1 Å². The molecule has 2 aromatic rings. The van der Waals surface area contributed by atoms with Crippen LogP contribution in [0.25, 0.3) is 0 Å². The van der Waals surface area contributed by atoms with Gasteiger partial charge < -0.3 is 15.5 Å². The van der Waals surface area contributed by atoms with Crippen LogP contribution in [-0.2, 0) is 33.6 Å². The molecule has 0 radical (unpaired) electrons. The van der Waals surface area contributed by atoms with E-state index in [-0.39, 0.29) is 5.91 Å². The maximum atomic E-state index is 12.2. The van der Waals surface area contributed by atoms with Crippen LogP contribution < -0.4 is 15.5 Å². The third-order valence-electron chi connectivity index (χ3n) is 5.29. The third kappa shape index (κ3) is 3.76. The van der Waals surface area contributed by atoms with Crippen molar-refractivity contribution in [3.05, 3.63) is 59.2 Å². The quantitative estimate of drug-likeness (QED) is 0.619. The lowest BCUT2D eigenvalue weighted by Crippen LogP contribution is -2.36. The van der Waals surface area contributed by atoms with Crippen molar-refractivity contribution in [3.63, 3.8) is 0 Å². The number of anilines is 2. The number of nitrogens with one attached hydrogen (secondary N) is 2. The summed E-state index contributed by atoms with van der Waals surface area (Å²) in [7, 11) is 0. The predicted molar refractivity (Wildman–Crippen MR) is 107 cm³/mol. The Hall–Kier alpha value is -3.15. The van der Waals surface area contributed by atoms with Gasteiger partial charge in [0, 0.05) is 25.2 Å². The Morgan fingerprint density at radius 2 is 1.71 bits per heavy atom. The van der Waals surface area contributed by atoms with Gasteiger partial charge in [-0.05, 0) is 54.5 Å². The summed E-state index contributed by atoms with van der Waals surface area (Å²) in [5.41, 5.74) is 4.95. The molecule has 2 aliphatic rings. The van der Waals surface area contributed by atoms with E-state index in [2.05, 4.69) is 10.6 Å². The first kappa shape index (κ1) is 18.2. The van der Waals surface area contributed by atoms with E-state index in [4.69, 9.17) is 0 Å². The Morgan fingerprint density at radius 3 is 2.50 bits per heavy atom. The number of carbonyl (C=O) groups excluding carboxylic acids is 3. The van der Waals surface area contributed by atoms with Crippen molar-refractivity contribution >= 4 is 29.1 Å². The van der Waals surface area contributed by atoms with E-state index in [0.717, 1.165) is 36.1 Å². The highest BCUT2D eigenvalue weighted by Gasteiger charge is 2.31. The second-order valence-corrected chi connectivity index (χ2v) is 7.24. The molecule has 0 saturated heterocycles. The van der Waals surface area contributed by atoms with Gasteiger partial charge in [-0.2, -0.15) is 0 Å². The molecule has 0 fully saturated rings. The van der Waals surface area contributed by atoms with E-state index in [1.807, 2.05) is 47.4 Å². The summed E-state index contributed by atoms with van der Waals surface area (Å²) < 4.78 is 0. The highest BCUT2D eigenvalue weighted by atomic mass is 16.2. The number of amides is 3. The van der Waals surface area contributed by atoms with E-state index in [0.29, 0.717) is 31.6 Å². The first-order valence-corrected chi connectivity index (χ1v) is 9.71. The van der Waals surface area contributed by atoms with Crippen molar-refractivity contribution in [2.75, 3.05) is 23.3 Å². The molecule has 4 rings (SSSR count). The summed E-state index contributed by atoms with van der Waals surface area (Å²) in [6, 6.07) is 13.8. The van der Waals surface area contributed by atoms with Gasteiger partial charge in [0.2, 0.25) is 5.91 Å². The lowest BCUT2D eigenvalue weighted by Gasteiger charge is -2.25. The van der Waals surface area contributed by atoms with Crippen LogP contribution in [0.4, 0.5) is 11.4 Å². The van der Waals surface area contributed by atoms with Gasteiger partial charge in [0.05, 0.1) is 5.69 Å². The molecule has 0 bridgehead atoms. The van der Waals surface area contributed by atoms with Crippen LogP contribution in [0.15, 0.2) is 42.5 Å². The summed E-state index contributed by atoms with van der Waals surface area (Å²) in [6.45, 7) is 1.15. The van der Waals surface area contributed by atoms with Crippen molar-refractivity contribution in [3.8, 4) is 0 Å². The second kappa shape index (κ2) is 7.84. The molecule has 0 atom stereocenters. The summed E-state index contributed by atoms with van der Waals surface area (Å²) in [5, 5.41) is 5.37. The van der Waals surface area contributed by atoms with Crippen LogP contribution in [0.5, 0.6) is 0 Å². The van der Waals surface area contributed by atoms with Gasteiger partial charge >= 0.3 is 11.8 Å². The van der Waals surface area contributed by atoms with Crippen LogP contribution in [0.1, 0.15) is 29.5 Å². The van der Waals surface area contributed by atoms with Crippen LogP contribution in [0.3, 0.4) is 0 Å². The maximum absolute atomic E-state index is 12.2. The molecule has 0 spiro atoms. The van der Waals surface area contributed by atoms with Crippen LogP contribution in [0.2, 0.25) is 0 Å². The molecule has 2 heterocycles. The lowest BCUT2D eigenvalue weighted by atomic mass is 9.98. The minimum atomic E-state index is -0.659. The summed E-state index contributed by atoms with van der Waals surface area (Å²) in [6.07, 6.45) is 3.57. The first-order chi connectivity index (χ1) is 13.6. The third-order valence-corrected chi connectivity index (χ3v) is 5.29. The van der Waals surface area contributed by atoms with Crippen molar-refractivity contribution in [1.82, 2.24) is 5.32 Å². The second-order valence-electron chi connectivity index (χ2n) is 7.24. The number of rotatable bonds is 5. The molecular weight excluding hydrogens is 354 g/mol. The minimum absolute atomic E-state index is 0.165. The van der Waals surface area contributed by atoms with Crippen LogP contribution in [-0.4, -0.2) is 30.8 Å². The monoisotopic (exact) mass is 377 g/mol. The molecule has 144 valence electrons. The molecule has 28 heavy (non-hydrogen) atoms. The Bertz CT molecular complexity index is 924. The molecule has 6 heteroatoms. The Balaban J connectivity index is 1.31. The number of carbonyl (C=O) groups is 3. The topological polar surface area (TPSA) is 78.5 Å². The first-order valence-electron chi connectivity index (χ1n) is 9.71. The molecule has 3 amide bonds. The van der Waals surface area contributed by atoms with Gasteiger partial charge in [0.25, 0.3) is 0 Å². The van der Waals surface area contributed by atoms with E-state index in [1.165, 1.54) is 5.56 Å². The largest absolute Gasteiger partial charge is 0.348 e. The number of hydrogen-bond acceptors (Lipinski definition) is 3. The van der Waals surface area contributed by atoms with E-state index < -0.39 is 11.8 Å². The molecule has 2 aliphatic heterocycles. The van der Waals surface area contributed by atoms with Gasteiger partial charge in [0.15, 0.2) is 0 Å². The number of nitrogens with zero attached hydrogens (tertiary/aromatic N) is 1. The van der Waals surface area contributed by atoms with E-state index in [1.54, 1.807) is 0 Å². The standard InChI is InChI=1S/C22H23N3O3/c26-19-9-8-16-13-18(14-17-10-12-25(19)20(16)17)24-22(28)21(27)23-11-4-7-15-5-2-1-3-6-15/h1-3,5-6,13-14H,4,7-12H2,(H,23,27)(H,24,28). The average molecular weight is 377 g/mol. The summed E-state index contributed by atoms with van der Waals surface area (Å²) in [5.74, 6) is -1.12. The summed E-state index contributed by atoms with van der Waals surface area (Å²) in [4.78, 5) is 38.1. The fraction of sp³-hybridized carbons (Fsp3) is 0.318. The Morgan fingerprint density at radius 1 is 0.964 bits per heavy atom. The van der Waals surface area contributed by atoms with Gasteiger partial charge in [-0.1, -0.05) is 30.3 Å². The van der Waals surface area contributed by atoms with Gasteiger partial charge in [0.1, 0.15) is 0 Å². The molecule has 2 N–H and O–H groups in total. The highest BCUT2D eigenvalue weighted by Crippen LogP contribution is 2.38. The van der Waals surface area contributed by atoms with Gasteiger partial charge in [-0.25, -0.2) is 0 Å². The zero-order valence-electron chi connectivity index (χ0n) is 15.7. The fourth-order valence-corrected chi connectivity index (χ4v) is 3.94. The zero-order chi connectivity index (χ0) is 19.5. The van der Waals surface area contributed by atoms with Crippen LogP contribution in [0, 0.1) is 0 Å². The summed E-state index contributed by atoms with van der Waals surface area (Å²) >= 11 is 0. The van der Waals surface area contributed by atoms with E-state index in [9.17, 15) is 14.4 Å². The molecule has 6 nitrogen and oxygen atoms in total. The minimum Gasteiger partial charge on any atom is -0.348 e. The normalized spacial score (nSPS) is 14.6. The van der Waals surface area contributed by atoms with Gasteiger partial charge in [-0.3, -0.25) is 14.4 Å². The van der Waals surface area contributed by atoms with Crippen LogP contribution >= 0.6 is 0 Å². The fourth-order valence-electron chi connectivity index (χ4n) is 3.94. The number of benzene rings is 2. The van der Waals surface area contributed by atoms with Gasteiger partial charge in [-0.15, -0.1) is 0 Å². The SMILES string of the molecule is O=C(NCCCc1ccccc1)C(=O)Nc1cc2c3c(c1)CCN3C(=O)CC2. The highest BCUT2D eigenvalue weighted by molar-refractivity contribution is 6.39. The van der Waals surface area contributed by atoms with E-state index >= 15 is 0 Å². The maximum Gasteiger partial charge on any atom is 0.313 e. The molecule has 0 unspecified atom stereocenters. The smallest absolute Gasteiger partial charge is 0.313 e. The molecular formula is C22H23N3O3. The molecule has 0 aliphatic carbocycles. The lowest BCUT2D eigenvalue weighted by molar-refractivity contribution is -0.136.